The zero-order valence-corrected chi connectivity index (χ0v) is 10.9. The molecule has 6 heteroatoms. The molecule has 0 radical (unpaired) electrons. The molecule has 1 rings (SSSR count). The van der Waals surface area contributed by atoms with Crippen molar-refractivity contribution in [2.75, 3.05) is 13.1 Å². The Kier molecular flexibility index (Phi) is 4.91. The van der Waals surface area contributed by atoms with Crippen molar-refractivity contribution >= 4 is 23.1 Å². The molecule has 0 saturated carbocycles. The summed E-state index contributed by atoms with van der Waals surface area (Å²) in [5, 5.41) is 19.3. The summed E-state index contributed by atoms with van der Waals surface area (Å²) in [4.78, 5) is 13.9. The Morgan fingerprint density at radius 2 is 1.94 bits per heavy atom. The molecule has 0 fully saturated rings. The molecule has 0 aromatic heterocycles. The quantitative estimate of drug-likeness (QED) is 0.699. The summed E-state index contributed by atoms with van der Waals surface area (Å²) in [6.07, 6.45) is 0.406. The van der Waals surface area contributed by atoms with E-state index in [9.17, 15) is 15.0 Å². The van der Waals surface area contributed by atoms with Gasteiger partial charge in [-0.2, -0.15) is 0 Å². The third kappa shape index (κ3) is 3.33. The minimum atomic E-state index is -0.440. The van der Waals surface area contributed by atoms with Crippen LogP contribution in [0.5, 0.6) is 11.5 Å². The van der Waals surface area contributed by atoms with Gasteiger partial charge in [-0.1, -0.05) is 18.3 Å². The number of amides is 1. The van der Waals surface area contributed by atoms with E-state index in [0.717, 1.165) is 0 Å². The fourth-order valence-corrected chi connectivity index (χ4v) is 1.65. The molecule has 1 aromatic rings. The fourth-order valence-electron chi connectivity index (χ4n) is 1.55. The number of nitrogens with zero attached hydrogens (tertiary/aromatic N) is 1. The van der Waals surface area contributed by atoms with E-state index >= 15 is 0 Å². The Labute approximate surface area is 111 Å². The van der Waals surface area contributed by atoms with Gasteiger partial charge >= 0.3 is 0 Å². The number of phenolic OH excluding ortho intramolecular Hbond substituents is 2. The predicted molar refractivity (Wildman–Crippen MR) is 72.8 cm³/mol. The van der Waals surface area contributed by atoms with Crippen LogP contribution in [0, 0.1) is 0 Å². The minimum absolute atomic E-state index is 0.0951. The number of rotatable bonds is 5. The Hall–Kier alpha value is -1.82. The van der Waals surface area contributed by atoms with E-state index < -0.39 is 5.91 Å². The maximum atomic E-state index is 12.2. The van der Waals surface area contributed by atoms with Crippen molar-refractivity contribution in [3.05, 3.63) is 23.8 Å². The number of carbonyl (C=O) groups is 1. The van der Waals surface area contributed by atoms with Crippen LogP contribution in [0.1, 0.15) is 23.7 Å². The van der Waals surface area contributed by atoms with Crippen LogP contribution in [0.15, 0.2) is 18.2 Å². The molecule has 0 saturated heterocycles. The number of benzene rings is 1. The van der Waals surface area contributed by atoms with Gasteiger partial charge in [-0.05, 0) is 19.1 Å². The molecular formula is C12H16N2O3S. The predicted octanol–water partition coefficient (Wildman–Crippen LogP) is 1.24. The average Bonchev–Trinajstić information content (AvgIpc) is 2.29. The number of aromatic hydroxyl groups is 2. The highest BCUT2D eigenvalue weighted by Crippen LogP contribution is 2.27. The number of hydrogen-bond donors (Lipinski definition) is 3. The average molecular weight is 268 g/mol. The van der Waals surface area contributed by atoms with Gasteiger partial charge in [0.2, 0.25) is 0 Å². The lowest BCUT2D eigenvalue weighted by Crippen LogP contribution is -2.33. The largest absolute Gasteiger partial charge is 0.507 e. The first-order chi connectivity index (χ1) is 8.47. The van der Waals surface area contributed by atoms with Crippen LogP contribution < -0.4 is 5.73 Å². The lowest BCUT2D eigenvalue weighted by molar-refractivity contribution is 0.0762. The molecule has 0 aliphatic carbocycles. The van der Waals surface area contributed by atoms with E-state index in [0.29, 0.717) is 24.5 Å². The lowest BCUT2D eigenvalue weighted by Gasteiger charge is -2.21. The van der Waals surface area contributed by atoms with Gasteiger partial charge in [-0.15, -0.1) is 0 Å². The SMILES string of the molecule is CCN(CCC(N)=S)C(=O)c1c(O)cccc1O. The van der Waals surface area contributed by atoms with Crippen molar-refractivity contribution in [2.45, 2.75) is 13.3 Å². The van der Waals surface area contributed by atoms with E-state index in [1.165, 1.54) is 23.1 Å². The van der Waals surface area contributed by atoms with Crippen LogP contribution in [-0.2, 0) is 0 Å². The molecule has 18 heavy (non-hydrogen) atoms. The zero-order chi connectivity index (χ0) is 13.7. The molecule has 0 heterocycles. The third-order valence-electron chi connectivity index (χ3n) is 2.53. The highest BCUT2D eigenvalue weighted by atomic mass is 32.1. The minimum Gasteiger partial charge on any atom is -0.507 e. The van der Waals surface area contributed by atoms with Crippen LogP contribution in [0.2, 0.25) is 0 Å². The normalized spacial score (nSPS) is 10.1. The first-order valence-corrected chi connectivity index (χ1v) is 5.96. The first kappa shape index (κ1) is 14.2. The molecule has 1 aromatic carbocycles. The van der Waals surface area contributed by atoms with Crippen molar-refractivity contribution < 1.29 is 15.0 Å². The molecule has 4 N–H and O–H groups in total. The summed E-state index contributed by atoms with van der Waals surface area (Å²) in [6, 6.07) is 4.18. The zero-order valence-electron chi connectivity index (χ0n) is 10.1. The van der Waals surface area contributed by atoms with Gasteiger partial charge in [0.15, 0.2) is 0 Å². The van der Waals surface area contributed by atoms with Gasteiger partial charge in [0.1, 0.15) is 17.1 Å². The molecule has 0 aliphatic rings. The van der Waals surface area contributed by atoms with Gasteiger partial charge in [0.25, 0.3) is 5.91 Å². The summed E-state index contributed by atoms with van der Waals surface area (Å²) in [5.74, 6) is -0.924. The monoisotopic (exact) mass is 268 g/mol. The fraction of sp³-hybridized carbons (Fsp3) is 0.333. The van der Waals surface area contributed by atoms with E-state index in [1.54, 1.807) is 6.92 Å². The van der Waals surface area contributed by atoms with Gasteiger partial charge in [0.05, 0.1) is 4.99 Å². The van der Waals surface area contributed by atoms with Gasteiger partial charge in [-0.25, -0.2) is 0 Å². The van der Waals surface area contributed by atoms with Crippen LogP contribution in [0.3, 0.4) is 0 Å². The maximum absolute atomic E-state index is 12.2. The van der Waals surface area contributed by atoms with E-state index in [1.807, 2.05) is 0 Å². The van der Waals surface area contributed by atoms with E-state index in [2.05, 4.69) is 0 Å². The van der Waals surface area contributed by atoms with Crippen molar-refractivity contribution in [2.24, 2.45) is 5.73 Å². The van der Waals surface area contributed by atoms with E-state index in [4.69, 9.17) is 18.0 Å². The van der Waals surface area contributed by atoms with E-state index in [-0.39, 0.29) is 17.1 Å². The lowest BCUT2D eigenvalue weighted by atomic mass is 10.1. The number of hydrogen-bond acceptors (Lipinski definition) is 4. The number of nitrogens with two attached hydrogens (primary N) is 1. The summed E-state index contributed by atoms with van der Waals surface area (Å²) in [5.41, 5.74) is 5.29. The van der Waals surface area contributed by atoms with Gasteiger partial charge in [0, 0.05) is 19.5 Å². The summed E-state index contributed by atoms with van der Waals surface area (Å²) in [6.45, 7) is 2.60. The van der Waals surface area contributed by atoms with Crippen molar-refractivity contribution in [1.82, 2.24) is 4.90 Å². The number of thiocarbonyl (C=S) groups is 1. The van der Waals surface area contributed by atoms with Crippen LogP contribution >= 0.6 is 12.2 Å². The number of phenols is 2. The molecule has 0 aliphatic heterocycles. The van der Waals surface area contributed by atoms with Crippen LogP contribution in [0.4, 0.5) is 0 Å². The Morgan fingerprint density at radius 3 is 2.39 bits per heavy atom. The molecule has 1 amide bonds. The second-order valence-electron chi connectivity index (χ2n) is 3.77. The smallest absolute Gasteiger partial charge is 0.261 e. The number of carbonyl (C=O) groups excluding carboxylic acids is 1. The Morgan fingerprint density at radius 1 is 1.39 bits per heavy atom. The van der Waals surface area contributed by atoms with Crippen molar-refractivity contribution in [3.63, 3.8) is 0 Å². The Bertz CT molecular complexity index is 442. The third-order valence-corrected chi connectivity index (χ3v) is 2.74. The standard InChI is InChI=1S/C12H16N2O3S/c1-2-14(7-6-10(13)18)12(17)11-8(15)4-3-5-9(11)16/h3-5,15-16H,2,6-7H2,1H3,(H2,13,18). The van der Waals surface area contributed by atoms with Crippen LogP contribution in [-0.4, -0.2) is 39.1 Å². The summed E-state index contributed by atoms with van der Waals surface area (Å²) in [7, 11) is 0. The second-order valence-corrected chi connectivity index (χ2v) is 4.30. The second kappa shape index (κ2) is 6.20. The van der Waals surface area contributed by atoms with Gasteiger partial charge < -0.3 is 20.8 Å². The molecule has 5 nitrogen and oxygen atoms in total. The molecule has 0 spiro atoms. The molecule has 0 unspecified atom stereocenters. The first-order valence-electron chi connectivity index (χ1n) is 5.55. The summed E-state index contributed by atoms with van der Waals surface area (Å²) < 4.78 is 0. The highest BCUT2D eigenvalue weighted by Gasteiger charge is 2.21. The molecule has 0 atom stereocenters. The van der Waals surface area contributed by atoms with Crippen molar-refractivity contribution in [1.29, 1.82) is 0 Å². The molecule has 98 valence electrons. The summed E-state index contributed by atoms with van der Waals surface area (Å²) >= 11 is 4.76. The Balaban J connectivity index is 2.93. The van der Waals surface area contributed by atoms with Crippen LogP contribution in [0.25, 0.3) is 0 Å². The molecular weight excluding hydrogens is 252 g/mol. The maximum Gasteiger partial charge on any atom is 0.261 e. The van der Waals surface area contributed by atoms with Crippen molar-refractivity contribution in [3.8, 4) is 11.5 Å². The van der Waals surface area contributed by atoms with Gasteiger partial charge in [-0.3, -0.25) is 4.79 Å². The highest BCUT2D eigenvalue weighted by molar-refractivity contribution is 7.80. The molecule has 0 bridgehead atoms. The topological polar surface area (TPSA) is 86.8 Å².